The van der Waals surface area contributed by atoms with E-state index in [-0.39, 0.29) is 5.41 Å². The number of furan rings is 1. The summed E-state index contributed by atoms with van der Waals surface area (Å²) >= 11 is 0. The molecule has 0 fully saturated rings. The van der Waals surface area contributed by atoms with Gasteiger partial charge in [0, 0.05) is 38.4 Å². The number of aromatic nitrogens is 2. The smallest absolute Gasteiger partial charge is 0.161 e. The highest BCUT2D eigenvalue weighted by Gasteiger charge is 2.35. The van der Waals surface area contributed by atoms with E-state index in [1.165, 1.54) is 22.3 Å². The lowest BCUT2D eigenvalue weighted by Crippen LogP contribution is -2.14. The molecule has 9 rings (SSSR count). The molecule has 218 valence electrons. The Bertz CT molecular complexity index is 2380. The summed E-state index contributed by atoms with van der Waals surface area (Å²) in [7, 11) is 0. The van der Waals surface area contributed by atoms with Crippen LogP contribution in [0.15, 0.2) is 150 Å². The van der Waals surface area contributed by atoms with E-state index in [2.05, 4.69) is 135 Å². The number of hydrogen-bond donors (Lipinski definition) is 0. The van der Waals surface area contributed by atoms with Crippen LogP contribution in [-0.2, 0) is 5.41 Å². The van der Waals surface area contributed by atoms with Crippen molar-refractivity contribution in [2.75, 3.05) is 0 Å². The molecule has 2 aromatic heterocycles. The Morgan fingerprint density at radius 3 is 1.83 bits per heavy atom. The van der Waals surface area contributed by atoms with Gasteiger partial charge in [0.2, 0.25) is 0 Å². The molecule has 0 spiro atoms. The molecule has 0 saturated carbocycles. The molecule has 0 saturated heterocycles. The van der Waals surface area contributed by atoms with Crippen molar-refractivity contribution in [2.45, 2.75) is 19.3 Å². The van der Waals surface area contributed by atoms with Crippen LogP contribution in [0, 0.1) is 0 Å². The fraction of sp³-hybridized carbons (Fsp3) is 0.0698. The maximum atomic E-state index is 6.71. The molecule has 0 atom stereocenters. The number of benzene rings is 6. The number of para-hydroxylation sites is 1. The van der Waals surface area contributed by atoms with Crippen LogP contribution in [0.3, 0.4) is 0 Å². The van der Waals surface area contributed by atoms with Crippen LogP contribution >= 0.6 is 0 Å². The maximum absolute atomic E-state index is 6.71. The van der Waals surface area contributed by atoms with Crippen LogP contribution in [-0.4, -0.2) is 9.97 Å². The van der Waals surface area contributed by atoms with Crippen molar-refractivity contribution in [3.63, 3.8) is 0 Å². The second-order valence-electron chi connectivity index (χ2n) is 12.6. The van der Waals surface area contributed by atoms with E-state index < -0.39 is 0 Å². The summed E-state index contributed by atoms with van der Waals surface area (Å²) in [5.41, 5.74) is 13.7. The predicted molar refractivity (Wildman–Crippen MR) is 189 cm³/mol. The summed E-state index contributed by atoms with van der Waals surface area (Å²) in [5, 5.41) is 2.18. The number of fused-ring (bicyclic) bond motifs is 6. The number of rotatable bonds is 4. The first-order valence-electron chi connectivity index (χ1n) is 15.8. The second kappa shape index (κ2) is 10.1. The normalized spacial score (nSPS) is 13.2. The van der Waals surface area contributed by atoms with Gasteiger partial charge in [-0.1, -0.05) is 129 Å². The number of nitrogens with zero attached hydrogens (tertiary/aromatic N) is 2. The largest absolute Gasteiger partial charge is 0.455 e. The van der Waals surface area contributed by atoms with Gasteiger partial charge in [-0.05, 0) is 58.1 Å². The van der Waals surface area contributed by atoms with Gasteiger partial charge in [0.25, 0.3) is 0 Å². The van der Waals surface area contributed by atoms with E-state index in [4.69, 9.17) is 14.4 Å². The lowest BCUT2D eigenvalue weighted by molar-refractivity contribution is 0.660. The van der Waals surface area contributed by atoms with Crippen LogP contribution in [0.5, 0.6) is 0 Å². The highest BCUT2D eigenvalue weighted by Crippen LogP contribution is 2.51. The molecule has 0 N–H and O–H groups in total. The van der Waals surface area contributed by atoms with Crippen LogP contribution in [0.4, 0.5) is 0 Å². The van der Waals surface area contributed by atoms with E-state index in [9.17, 15) is 0 Å². The van der Waals surface area contributed by atoms with Crippen molar-refractivity contribution in [3.05, 3.63) is 157 Å². The van der Waals surface area contributed by atoms with Crippen LogP contribution in [0.2, 0.25) is 0 Å². The van der Waals surface area contributed by atoms with Crippen molar-refractivity contribution in [3.8, 4) is 56.2 Å². The van der Waals surface area contributed by atoms with Gasteiger partial charge in [0.15, 0.2) is 5.82 Å². The summed E-state index contributed by atoms with van der Waals surface area (Å²) < 4.78 is 6.71. The summed E-state index contributed by atoms with van der Waals surface area (Å²) in [6.07, 6.45) is 0. The zero-order chi connectivity index (χ0) is 30.8. The third kappa shape index (κ3) is 4.05. The highest BCUT2D eigenvalue weighted by atomic mass is 16.3. The van der Waals surface area contributed by atoms with Crippen LogP contribution in [0.1, 0.15) is 25.0 Å². The fourth-order valence-corrected chi connectivity index (χ4v) is 7.20. The molecule has 0 bridgehead atoms. The minimum absolute atomic E-state index is 0.131. The van der Waals surface area contributed by atoms with Crippen molar-refractivity contribution in [1.29, 1.82) is 0 Å². The zero-order valence-corrected chi connectivity index (χ0v) is 25.7. The van der Waals surface area contributed by atoms with Gasteiger partial charge < -0.3 is 4.42 Å². The third-order valence-corrected chi connectivity index (χ3v) is 9.53. The predicted octanol–water partition coefficient (Wildman–Crippen LogP) is 11.4. The third-order valence-electron chi connectivity index (χ3n) is 9.53. The number of hydrogen-bond acceptors (Lipinski definition) is 3. The molecule has 0 amide bonds. The van der Waals surface area contributed by atoms with E-state index in [1.54, 1.807) is 0 Å². The lowest BCUT2D eigenvalue weighted by atomic mass is 9.81. The monoisotopic (exact) mass is 590 g/mol. The Morgan fingerprint density at radius 2 is 1.09 bits per heavy atom. The zero-order valence-electron chi connectivity index (χ0n) is 25.7. The Morgan fingerprint density at radius 1 is 0.478 bits per heavy atom. The molecule has 0 unspecified atom stereocenters. The molecule has 8 aromatic rings. The van der Waals surface area contributed by atoms with Gasteiger partial charge in [-0.2, -0.15) is 0 Å². The van der Waals surface area contributed by atoms with Gasteiger partial charge in [-0.15, -0.1) is 0 Å². The molecule has 2 heterocycles. The van der Waals surface area contributed by atoms with E-state index in [0.717, 1.165) is 61.1 Å². The topological polar surface area (TPSA) is 38.9 Å². The van der Waals surface area contributed by atoms with Crippen LogP contribution in [0.25, 0.3) is 78.1 Å². The lowest BCUT2D eigenvalue weighted by Gasteiger charge is -2.22. The molecule has 1 aliphatic carbocycles. The molecule has 0 radical (unpaired) electrons. The first-order chi connectivity index (χ1) is 22.6. The summed E-state index contributed by atoms with van der Waals surface area (Å²) in [5.74, 6) is 0.667. The van der Waals surface area contributed by atoms with Gasteiger partial charge in [0.1, 0.15) is 11.2 Å². The molecule has 3 nitrogen and oxygen atoms in total. The van der Waals surface area contributed by atoms with Gasteiger partial charge in [-0.3, -0.25) is 0 Å². The molecular weight excluding hydrogens is 560 g/mol. The molecule has 3 heteroatoms. The van der Waals surface area contributed by atoms with Crippen LogP contribution < -0.4 is 0 Å². The quantitative estimate of drug-likeness (QED) is 0.205. The first-order valence-corrected chi connectivity index (χ1v) is 15.8. The summed E-state index contributed by atoms with van der Waals surface area (Å²) in [4.78, 5) is 10.5. The maximum Gasteiger partial charge on any atom is 0.161 e. The van der Waals surface area contributed by atoms with E-state index >= 15 is 0 Å². The Labute approximate surface area is 267 Å². The van der Waals surface area contributed by atoms with Gasteiger partial charge in [0.05, 0.1) is 11.4 Å². The molecule has 46 heavy (non-hydrogen) atoms. The van der Waals surface area contributed by atoms with Crippen molar-refractivity contribution in [1.82, 2.24) is 9.97 Å². The van der Waals surface area contributed by atoms with E-state index in [0.29, 0.717) is 5.82 Å². The minimum atomic E-state index is -0.131. The fourth-order valence-electron chi connectivity index (χ4n) is 7.20. The highest BCUT2D eigenvalue weighted by molar-refractivity contribution is 6.12. The van der Waals surface area contributed by atoms with Gasteiger partial charge in [-0.25, -0.2) is 9.97 Å². The standard InChI is InChI=1S/C43H30N2O/c1-43(2)35-19-11-9-17-30(35)31-22-21-29(25-36(31)43)40-34(24-23-33-32-18-10-12-20-39(32)46-41(33)40)42-44-37(27-13-5-3-6-14-27)26-38(45-42)28-15-7-4-8-16-28/h3-26H,1-2H3. The Balaban J connectivity index is 1.34. The van der Waals surface area contributed by atoms with Crippen molar-refractivity contribution >= 4 is 21.9 Å². The SMILES string of the molecule is CC1(C)c2ccccc2-c2ccc(-c3c(-c4nc(-c5ccccc5)cc(-c5ccccc5)n4)ccc4c3oc3ccccc34)cc21. The molecular formula is C43H30N2O. The average molecular weight is 591 g/mol. The van der Waals surface area contributed by atoms with Crippen molar-refractivity contribution < 1.29 is 4.42 Å². The second-order valence-corrected chi connectivity index (χ2v) is 12.6. The summed E-state index contributed by atoms with van der Waals surface area (Å²) in [6.45, 7) is 4.64. The Hall–Kier alpha value is -5.80. The molecule has 0 aliphatic heterocycles. The summed E-state index contributed by atoms with van der Waals surface area (Å²) in [6, 6.07) is 51.0. The van der Waals surface area contributed by atoms with E-state index in [1.807, 2.05) is 24.3 Å². The minimum Gasteiger partial charge on any atom is -0.455 e. The Kier molecular flexibility index (Phi) is 5.85. The molecule has 6 aromatic carbocycles. The average Bonchev–Trinajstić information content (AvgIpc) is 3.60. The first kappa shape index (κ1) is 26.6. The van der Waals surface area contributed by atoms with Crippen molar-refractivity contribution in [2.24, 2.45) is 0 Å². The van der Waals surface area contributed by atoms with Gasteiger partial charge >= 0.3 is 0 Å². The molecule has 1 aliphatic rings.